The van der Waals surface area contributed by atoms with E-state index in [0.717, 1.165) is 21.3 Å². The molecule has 0 radical (unpaired) electrons. The molecule has 0 bridgehead atoms. The summed E-state index contributed by atoms with van der Waals surface area (Å²) in [7, 11) is 0. The molecule has 76 valence electrons. The van der Waals surface area contributed by atoms with Gasteiger partial charge in [-0.3, -0.25) is 0 Å². The summed E-state index contributed by atoms with van der Waals surface area (Å²) in [4.78, 5) is 0. The van der Waals surface area contributed by atoms with E-state index < -0.39 is 0 Å². The molecule has 1 heterocycles. The van der Waals surface area contributed by atoms with Crippen LogP contribution in [0, 0.1) is 0 Å². The fourth-order valence-corrected chi connectivity index (χ4v) is 2.07. The molecule has 1 atom stereocenters. The van der Waals surface area contributed by atoms with Crippen molar-refractivity contribution in [2.45, 2.75) is 19.6 Å². The van der Waals surface area contributed by atoms with E-state index in [1.165, 1.54) is 0 Å². The van der Waals surface area contributed by atoms with Gasteiger partial charge in [-0.15, -0.1) is 0 Å². The third kappa shape index (κ3) is 1.78. The summed E-state index contributed by atoms with van der Waals surface area (Å²) < 4.78 is 11.7. The molecule has 0 saturated heterocycles. The van der Waals surface area contributed by atoms with Gasteiger partial charge in [0.2, 0.25) is 0 Å². The summed E-state index contributed by atoms with van der Waals surface area (Å²) in [5.74, 6) is 0.884. The van der Waals surface area contributed by atoms with E-state index in [9.17, 15) is 0 Å². The van der Waals surface area contributed by atoms with Gasteiger partial charge in [-0.25, -0.2) is 0 Å². The van der Waals surface area contributed by atoms with Crippen LogP contribution < -0.4 is 10.5 Å². The summed E-state index contributed by atoms with van der Waals surface area (Å²) >= 11 is 3.44. The number of ether oxygens (including phenoxy) is 2. The van der Waals surface area contributed by atoms with Crippen molar-refractivity contribution < 1.29 is 9.47 Å². The number of nitrogens with two attached hydrogens (primary N) is 1. The first-order valence-corrected chi connectivity index (χ1v) is 5.26. The molecule has 3 nitrogen and oxygen atoms in total. The molecule has 0 saturated carbocycles. The largest absolute Gasteiger partial charge is 0.467 e. The number of halogens is 1. The minimum absolute atomic E-state index is 0.0284. The molecule has 0 spiro atoms. The molecule has 1 unspecified atom stereocenters. The smallest absolute Gasteiger partial charge is 0.189 e. The van der Waals surface area contributed by atoms with Crippen LogP contribution >= 0.6 is 15.9 Å². The molecule has 2 rings (SSSR count). The molecule has 0 aliphatic carbocycles. The summed E-state index contributed by atoms with van der Waals surface area (Å²) in [6.45, 7) is 2.85. The Balaban J connectivity index is 2.52. The fraction of sp³-hybridized carbons (Fsp3) is 0.400. The highest BCUT2D eigenvalue weighted by Gasteiger charge is 2.17. The van der Waals surface area contributed by atoms with Gasteiger partial charge in [0, 0.05) is 21.6 Å². The fourth-order valence-electron chi connectivity index (χ4n) is 1.55. The first kappa shape index (κ1) is 9.96. The van der Waals surface area contributed by atoms with E-state index in [1.54, 1.807) is 0 Å². The second-order valence-electron chi connectivity index (χ2n) is 3.38. The van der Waals surface area contributed by atoms with E-state index in [-0.39, 0.29) is 6.04 Å². The van der Waals surface area contributed by atoms with Gasteiger partial charge in [0.05, 0.1) is 6.61 Å². The van der Waals surface area contributed by atoms with Crippen molar-refractivity contribution in [3.63, 3.8) is 0 Å². The van der Waals surface area contributed by atoms with E-state index in [2.05, 4.69) is 15.9 Å². The maximum atomic E-state index is 5.87. The summed E-state index contributed by atoms with van der Waals surface area (Å²) in [6.07, 6.45) is 0. The number of hydrogen-bond acceptors (Lipinski definition) is 3. The Morgan fingerprint density at radius 1 is 1.50 bits per heavy atom. The standard InChI is InChI=1S/C10H12BrNO2/c1-6(12)9-3-8(11)2-7-4-13-5-14-10(7)9/h2-3,6H,4-5,12H2,1H3. The van der Waals surface area contributed by atoms with E-state index in [1.807, 2.05) is 19.1 Å². The maximum absolute atomic E-state index is 5.87. The molecule has 1 aliphatic rings. The Kier molecular flexibility index (Phi) is 2.76. The molecule has 2 N–H and O–H groups in total. The first-order valence-electron chi connectivity index (χ1n) is 4.47. The van der Waals surface area contributed by atoms with Gasteiger partial charge < -0.3 is 15.2 Å². The van der Waals surface area contributed by atoms with Crippen LogP contribution in [0.15, 0.2) is 16.6 Å². The van der Waals surface area contributed by atoms with Crippen LogP contribution in [0.3, 0.4) is 0 Å². The van der Waals surface area contributed by atoms with Crippen molar-refractivity contribution in [1.82, 2.24) is 0 Å². The molecule has 0 aromatic heterocycles. The highest BCUT2D eigenvalue weighted by Crippen LogP contribution is 2.34. The summed E-state index contributed by atoms with van der Waals surface area (Å²) in [5.41, 5.74) is 7.94. The van der Waals surface area contributed by atoms with Gasteiger partial charge in [0.25, 0.3) is 0 Å². The highest BCUT2D eigenvalue weighted by atomic mass is 79.9. The van der Waals surface area contributed by atoms with Crippen molar-refractivity contribution in [3.8, 4) is 5.75 Å². The van der Waals surface area contributed by atoms with E-state index in [0.29, 0.717) is 13.4 Å². The van der Waals surface area contributed by atoms with Crippen LogP contribution in [0.25, 0.3) is 0 Å². The minimum Gasteiger partial charge on any atom is -0.467 e. The lowest BCUT2D eigenvalue weighted by molar-refractivity contribution is -0.0172. The average molecular weight is 258 g/mol. The van der Waals surface area contributed by atoms with Gasteiger partial charge in [0.15, 0.2) is 6.79 Å². The second kappa shape index (κ2) is 3.88. The van der Waals surface area contributed by atoms with Crippen molar-refractivity contribution in [3.05, 3.63) is 27.7 Å². The van der Waals surface area contributed by atoms with Gasteiger partial charge in [-0.05, 0) is 19.1 Å². The zero-order valence-electron chi connectivity index (χ0n) is 7.92. The van der Waals surface area contributed by atoms with Crippen LogP contribution in [-0.2, 0) is 11.3 Å². The zero-order valence-corrected chi connectivity index (χ0v) is 9.50. The molecule has 4 heteroatoms. The van der Waals surface area contributed by atoms with Crippen molar-refractivity contribution in [2.24, 2.45) is 5.73 Å². The van der Waals surface area contributed by atoms with Crippen LogP contribution in [0.1, 0.15) is 24.1 Å². The Labute approximate surface area is 91.3 Å². The van der Waals surface area contributed by atoms with Crippen LogP contribution in [0.2, 0.25) is 0 Å². The number of benzene rings is 1. The minimum atomic E-state index is -0.0284. The molecular weight excluding hydrogens is 246 g/mol. The topological polar surface area (TPSA) is 44.5 Å². The van der Waals surface area contributed by atoms with Crippen LogP contribution in [-0.4, -0.2) is 6.79 Å². The van der Waals surface area contributed by atoms with Crippen LogP contribution in [0.5, 0.6) is 5.75 Å². The average Bonchev–Trinajstić information content (AvgIpc) is 2.16. The molecule has 14 heavy (non-hydrogen) atoms. The Morgan fingerprint density at radius 3 is 3.00 bits per heavy atom. The monoisotopic (exact) mass is 257 g/mol. The Bertz CT molecular complexity index is 352. The number of rotatable bonds is 1. The van der Waals surface area contributed by atoms with Crippen molar-refractivity contribution in [1.29, 1.82) is 0 Å². The van der Waals surface area contributed by atoms with Crippen LogP contribution in [0.4, 0.5) is 0 Å². The molecule has 1 aliphatic heterocycles. The first-order chi connectivity index (χ1) is 6.68. The van der Waals surface area contributed by atoms with Crippen molar-refractivity contribution in [2.75, 3.05) is 6.79 Å². The zero-order chi connectivity index (χ0) is 10.1. The Hall–Kier alpha value is -0.580. The van der Waals surface area contributed by atoms with E-state index in [4.69, 9.17) is 15.2 Å². The predicted molar refractivity (Wildman–Crippen MR) is 57.0 cm³/mol. The Morgan fingerprint density at radius 2 is 2.29 bits per heavy atom. The molecule has 1 aromatic rings. The third-order valence-corrected chi connectivity index (χ3v) is 2.65. The van der Waals surface area contributed by atoms with Gasteiger partial charge in [-0.1, -0.05) is 15.9 Å². The number of hydrogen-bond donors (Lipinski definition) is 1. The highest BCUT2D eigenvalue weighted by molar-refractivity contribution is 9.10. The lowest BCUT2D eigenvalue weighted by Gasteiger charge is -2.22. The normalized spacial score (nSPS) is 17.1. The van der Waals surface area contributed by atoms with Gasteiger partial charge in [0.1, 0.15) is 5.75 Å². The van der Waals surface area contributed by atoms with Gasteiger partial charge >= 0.3 is 0 Å². The molecule has 0 amide bonds. The second-order valence-corrected chi connectivity index (χ2v) is 4.30. The summed E-state index contributed by atoms with van der Waals surface area (Å²) in [5, 5.41) is 0. The SMILES string of the molecule is CC(N)c1cc(Br)cc2c1OCOC2. The lowest BCUT2D eigenvalue weighted by atomic mass is 10.0. The van der Waals surface area contributed by atoms with Crippen molar-refractivity contribution >= 4 is 15.9 Å². The molecule has 1 aromatic carbocycles. The molecular formula is C10H12BrNO2. The lowest BCUT2D eigenvalue weighted by Crippen LogP contribution is -2.16. The van der Waals surface area contributed by atoms with E-state index >= 15 is 0 Å². The molecule has 0 fully saturated rings. The third-order valence-electron chi connectivity index (χ3n) is 2.19. The number of fused-ring (bicyclic) bond motifs is 1. The predicted octanol–water partition coefficient (Wildman–Crippen LogP) is 2.34. The summed E-state index contributed by atoms with van der Waals surface area (Å²) in [6, 6.07) is 3.97. The maximum Gasteiger partial charge on any atom is 0.189 e. The van der Waals surface area contributed by atoms with Gasteiger partial charge in [-0.2, -0.15) is 0 Å². The quantitative estimate of drug-likeness (QED) is 0.840.